The first-order valence-electron chi connectivity index (χ1n) is 11.1. The molecule has 8 atom stereocenters. The second kappa shape index (κ2) is 8.39. The molecule has 0 aliphatic carbocycles. The van der Waals surface area contributed by atoms with E-state index in [1.807, 2.05) is 0 Å². The SMILES string of the molecule is O[C@@H]1CNCC2CNN3CCC(NC23)N2CCC[C@@H]2C2CC(F)CNC2OC1. The summed E-state index contributed by atoms with van der Waals surface area (Å²) >= 11 is 0. The molecule has 160 valence electrons. The molecule has 0 amide bonds. The fourth-order valence-electron chi connectivity index (χ4n) is 5.94. The predicted molar refractivity (Wildman–Crippen MR) is 103 cm³/mol. The number of nitrogens with zero attached hydrogens (tertiary/aromatic N) is 2. The smallest absolute Gasteiger partial charge is 0.113 e. The van der Waals surface area contributed by atoms with Crippen molar-refractivity contribution in [1.29, 1.82) is 0 Å². The number of halogens is 1. The van der Waals surface area contributed by atoms with Gasteiger partial charge in [-0.15, -0.1) is 0 Å². The van der Waals surface area contributed by atoms with E-state index in [-0.39, 0.29) is 18.8 Å². The predicted octanol–water partition coefficient (Wildman–Crippen LogP) is -1.21. The van der Waals surface area contributed by atoms with Gasteiger partial charge in [-0.25, -0.2) is 9.40 Å². The van der Waals surface area contributed by atoms with Crippen molar-refractivity contribution in [1.82, 2.24) is 31.3 Å². The number of alkyl halides is 1. The van der Waals surface area contributed by atoms with Gasteiger partial charge in [0.25, 0.3) is 0 Å². The van der Waals surface area contributed by atoms with Crippen molar-refractivity contribution in [3.63, 3.8) is 0 Å². The molecular weight excluding hydrogens is 363 g/mol. The minimum absolute atomic E-state index is 0.117. The van der Waals surface area contributed by atoms with Gasteiger partial charge in [0.05, 0.1) is 25.0 Å². The Morgan fingerprint density at radius 2 is 2.00 bits per heavy atom. The number of hydrogen-bond acceptors (Lipinski definition) is 8. The lowest BCUT2D eigenvalue weighted by atomic mass is 9.87. The van der Waals surface area contributed by atoms with E-state index < -0.39 is 12.3 Å². The maximum absolute atomic E-state index is 14.3. The fourth-order valence-corrected chi connectivity index (χ4v) is 5.94. The number of ether oxygens (including phenoxy) is 1. The number of hydrogen-bond donors (Lipinski definition) is 5. The van der Waals surface area contributed by atoms with Gasteiger partial charge < -0.3 is 15.2 Å². The zero-order chi connectivity index (χ0) is 19.1. The normalized spacial score (nSPS) is 48.6. The third-order valence-corrected chi connectivity index (χ3v) is 7.29. The molecule has 8 nitrogen and oxygen atoms in total. The van der Waals surface area contributed by atoms with Crippen LogP contribution in [0.1, 0.15) is 25.7 Å². The van der Waals surface area contributed by atoms with Crippen LogP contribution in [0.5, 0.6) is 0 Å². The molecule has 5 aliphatic heterocycles. The van der Waals surface area contributed by atoms with E-state index in [9.17, 15) is 9.50 Å². The molecule has 2 bridgehead atoms. The van der Waals surface area contributed by atoms with Gasteiger partial charge in [0.1, 0.15) is 12.4 Å². The summed E-state index contributed by atoms with van der Waals surface area (Å²) in [7, 11) is 0. The van der Waals surface area contributed by atoms with E-state index >= 15 is 0 Å². The van der Waals surface area contributed by atoms with Gasteiger partial charge in [-0.3, -0.25) is 21.0 Å². The largest absolute Gasteiger partial charge is 0.389 e. The summed E-state index contributed by atoms with van der Waals surface area (Å²) in [4.78, 5) is 2.59. The van der Waals surface area contributed by atoms with Crippen LogP contribution in [0.3, 0.4) is 0 Å². The molecule has 5 N–H and O–H groups in total. The molecule has 5 aliphatic rings. The van der Waals surface area contributed by atoms with Crippen LogP contribution < -0.4 is 21.4 Å². The summed E-state index contributed by atoms with van der Waals surface area (Å²) in [6.07, 6.45) is 2.95. The number of hydrazine groups is 1. The van der Waals surface area contributed by atoms with Crippen LogP contribution in [0.15, 0.2) is 0 Å². The van der Waals surface area contributed by atoms with Gasteiger partial charge in [-0.1, -0.05) is 0 Å². The molecule has 9 heteroatoms. The quantitative estimate of drug-likeness (QED) is 0.348. The second-order valence-electron chi connectivity index (χ2n) is 9.15. The fraction of sp³-hybridized carbons (Fsp3) is 1.00. The molecule has 6 unspecified atom stereocenters. The molecular formula is C19H35FN6O2. The lowest BCUT2D eigenvalue weighted by Gasteiger charge is -2.47. The Morgan fingerprint density at radius 3 is 2.93 bits per heavy atom. The number of aliphatic hydroxyl groups excluding tert-OH is 1. The topological polar surface area (TPSA) is 84.1 Å². The van der Waals surface area contributed by atoms with Gasteiger partial charge in [0, 0.05) is 50.6 Å². The van der Waals surface area contributed by atoms with E-state index in [2.05, 4.69) is 31.3 Å². The highest BCUT2D eigenvalue weighted by Gasteiger charge is 2.46. The Labute approximate surface area is 166 Å². The van der Waals surface area contributed by atoms with E-state index in [1.54, 1.807) is 0 Å². The first-order valence-corrected chi connectivity index (χ1v) is 11.1. The Bertz CT molecular complexity index is 545. The maximum Gasteiger partial charge on any atom is 0.113 e. The Kier molecular flexibility index (Phi) is 5.86. The minimum atomic E-state index is -0.823. The molecule has 0 radical (unpaired) electrons. The average molecular weight is 399 g/mol. The van der Waals surface area contributed by atoms with Crippen LogP contribution in [0.4, 0.5) is 4.39 Å². The van der Waals surface area contributed by atoms with Gasteiger partial charge >= 0.3 is 0 Å². The monoisotopic (exact) mass is 398 g/mol. The Hall–Kier alpha value is -0.390. The maximum atomic E-state index is 14.3. The number of fused-ring (bicyclic) bond motifs is 5. The van der Waals surface area contributed by atoms with E-state index in [4.69, 9.17) is 4.74 Å². The number of β-amino-alcohol motifs (C(OH)–C–C–N with tert-alkyl or cyclic N) is 1. The van der Waals surface area contributed by atoms with Crippen LogP contribution in [0.25, 0.3) is 0 Å². The Morgan fingerprint density at radius 1 is 1.07 bits per heavy atom. The lowest BCUT2D eigenvalue weighted by molar-refractivity contribution is -0.0977. The van der Waals surface area contributed by atoms with E-state index in [1.165, 1.54) is 0 Å². The average Bonchev–Trinajstić information content (AvgIpc) is 3.33. The molecule has 0 aromatic rings. The first kappa shape index (κ1) is 19.6. The highest BCUT2D eigenvalue weighted by atomic mass is 19.1. The first-order chi connectivity index (χ1) is 13.7. The summed E-state index contributed by atoms with van der Waals surface area (Å²) in [5, 5.41) is 23.3. The standard InChI is InChI=1S/C19H35FN6O2/c20-13-6-15-16-2-1-4-25(16)17-3-5-26-18(24-17)12(8-23-26)7-21-10-14(27)11-28-19(15)22-9-13/h12-19,21-24,27H,1-11H2/t12?,13?,14-,15?,16-,17?,18?,19?/m1/s1. The Balaban J connectivity index is 1.39. The second-order valence-corrected chi connectivity index (χ2v) is 9.15. The van der Waals surface area contributed by atoms with Crippen molar-refractivity contribution in [2.45, 2.75) is 62.6 Å². The molecule has 5 fully saturated rings. The van der Waals surface area contributed by atoms with Crippen LogP contribution in [0, 0.1) is 11.8 Å². The summed E-state index contributed by atoms with van der Waals surface area (Å²) in [5.74, 6) is 0.575. The molecule has 5 heterocycles. The third-order valence-electron chi connectivity index (χ3n) is 7.29. The number of rotatable bonds is 0. The molecule has 0 aromatic carbocycles. The highest BCUT2D eigenvalue weighted by molar-refractivity contribution is 4.98. The zero-order valence-corrected chi connectivity index (χ0v) is 16.5. The molecule has 0 spiro atoms. The van der Waals surface area contributed by atoms with Crippen LogP contribution in [-0.4, -0.2) is 97.8 Å². The molecule has 0 saturated carbocycles. The molecule has 5 rings (SSSR count). The van der Waals surface area contributed by atoms with Crippen molar-refractivity contribution >= 4 is 0 Å². The van der Waals surface area contributed by atoms with Gasteiger partial charge in [-0.05, 0) is 32.2 Å². The van der Waals surface area contributed by atoms with Gasteiger partial charge in [-0.2, -0.15) is 0 Å². The summed E-state index contributed by atoms with van der Waals surface area (Å²) in [6.45, 7) is 5.05. The lowest BCUT2D eigenvalue weighted by Crippen LogP contribution is -2.65. The molecule has 5 saturated heterocycles. The van der Waals surface area contributed by atoms with Crippen LogP contribution >= 0.6 is 0 Å². The van der Waals surface area contributed by atoms with Crippen molar-refractivity contribution in [3.8, 4) is 0 Å². The van der Waals surface area contributed by atoms with Crippen molar-refractivity contribution < 1.29 is 14.2 Å². The highest BCUT2D eigenvalue weighted by Crippen LogP contribution is 2.35. The molecule has 0 aromatic heterocycles. The van der Waals surface area contributed by atoms with Gasteiger partial charge in [0.15, 0.2) is 0 Å². The van der Waals surface area contributed by atoms with Crippen molar-refractivity contribution in [2.75, 3.05) is 45.9 Å². The summed E-state index contributed by atoms with van der Waals surface area (Å²) < 4.78 is 20.4. The molecule has 28 heavy (non-hydrogen) atoms. The number of nitrogens with one attached hydrogen (secondary N) is 4. The zero-order valence-electron chi connectivity index (χ0n) is 16.5. The minimum Gasteiger partial charge on any atom is -0.389 e. The number of piperidine rings is 1. The van der Waals surface area contributed by atoms with E-state index in [0.29, 0.717) is 43.8 Å². The summed E-state index contributed by atoms with van der Waals surface area (Å²) in [6, 6.07) is 0.325. The van der Waals surface area contributed by atoms with Crippen LogP contribution in [0.2, 0.25) is 0 Å². The van der Waals surface area contributed by atoms with Crippen molar-refractivity contribution in [3.05, 3.63) is 0 Å². The third kappa shape index (κ3) is 3.83. The van der Waals surface area contributed by atoms with E-state index in [0.717, 1.165) is 45.4 Å². The van der Waals surface area contributed by atoms with Gasteiger partial charge in [0.2, 0.25) is 0 Å². The van der Waals surface area contributed by atoms with Crippen molar-refractivity contribution in [2.24, 2.45) is 11.8 Å². The number of aliphatic hydroxyl groups is 1. The summed E-state index contributed by atoms with van der Waals surface area (Å²) in [5.41, 5.74) is 3.53. The van der Waals surface area contributed by atoms with Crippen LogP contribution in [-0.2, 0) is 4.74 Å².